The number of amides is 1. The number of nitrogens with one attached hydrogen (secondary N) is 1. The molecule has 1 aromatic heterocycles. The Bertz CT molecular complexity index is 823. The van der Waals surface area contributed by atoms with E-state index in [9.17, 15) is 4.79 Å². The van der Waals surface area contributed by atoms with Crippen LogP contribution in [0.1, 0.15) is 21.5 Å². The molecular weight excluding hydrogens is 322 g/mol. The third kappa shape index (κ3) is 3.86. The Hall–Kier alpha value is -2.98. The van der Waals surface area contributed by atoms with Gasteiger partial charge in [-0.2, -0.15) is 5.10 Å². The summed E-state index contributed by atoms with van der Waals surface area (Å²) in [6.07, 6.45) is 3.37. The maximum Gasteiger partial charge on any atom is 0.271 e. The van der Waals surface area contributed by atoms with Crippen molar-refractivity contribution >= 4 is 23.2 Å². The van der Waals surface area contributed by atoms with Gasteiger partial charge in [0.1, 0.15) is 0 Å². The zero-order valence-electron chi connectivity index (χ0n) is 12.7. The van der Waals surface area contributed by atoms with Crippen LogP contribution in [0.2, 0.25) is 5.02 Å². The molecule has 0 fully saturated rings. The quantitative estimate of drug-likeness (QED) is 0.580. The van der Waals surface area contributed by atoms with Crippen molar-refractivity contribution in [2.24, 2.45) is 5.10 Å². The minimum Gasteiger partial charge on any atom is -0.267 e. The molecule has 0 aliphatic rings. The average Bonchev–Trinajstić information content (AvgIpc) is 2.63. The summed E-state index contributed by atoms with van der Waals surface area (Å²) in [6.45, 7) is 0. The van der Waals surface area contributed by atoms with E-state index in [1.54, 1.807) is 36.7 Å². The van der Waals surface area contributed by atoms with Gasteiger partial charge in [0.05, 0.1) is 5.71 Å². The first-order valence-corrected chi connectivity index (χ1v) is 7.71. The summed E-state index contributed by atoms with van der Waals surface area (Å²) in [6, 6.07) is 20.1. The van der Waals surface area contributed by atoms with Crippen molar-refractivity contribution in [1.29, 1.82) is 0 Å². The molecule has 1 amide bonds. The Labute approximate surface area is 144 Å². The second-order valence-corrected chi connectivity index (χ2v) is 5.45. The van der Waals surface area contributed by atoms with E-state index in [0.717, 1.165) is 11.1 Å². The van der Waals surface area contributed by atoms with Crippen LogP contribution in [0.4, 0.5) is 0 Å². The zero-order valence-corrected chi connectivity index (χ0v) is 13.4. The molecule has 0 atom stereocenters. The lowest BCUT2D eigenvalue weighted by Crippen LogP contribution is -2.20. The molecule has 2 aromatic carbocycles. The van der Waals surface area contributed by atoms with E-state index >= 15 is 0 Å². The van der Waals surface area contributed by atoms with Crippen LogP contribution in [0.3, 0.4) is 0 Å². The summed E-state index contributed by atoms with van der Waals surface area (Å²) >= 11 is 5.92. The molecule has 1 N–H and O–H groups in total. The highest BCUT2D eigenvalue weighted by atomic mass is 35.5. The van der Waals surface area contributed by atoms with Crippen molar-refractivity contribution in [2.75, 3.05) is 0 Å². The smallest absolute Gasteiger partial charge is 0.267 e. The van der Waals surface area contributed by atoms with Crippen LogP contribution in [-0.2, 0) is 0 Å². The molecule has 4 nitrogen and oxygen atoms in total. The lowest BCUT2D eigenvalue weighted by Gasteiger charge is -2.08. The van der Waals surface area contributed by atoms with Gasteiger partial charge in [0.25, 0.3) is 5.91 Å². The van der Waals surface area contributed by atoms with Crippen molar-refractivity contribution in [1.82, 2.24) is 10.4 Å². The molecule has 0 saturated carbocycles. The second-order valence-electron chi connectivity index (χ2n) is 5.01. The fourth-order valence-corrected chi connectivity index (χ4v) is 2.39. The molecule has 24 heavy (non-hydrogen) atoms. The Kier molecular flexibility index (Phi) is 4.99. The first-order valence-electron chi connectivity index (χ1n) is 7.33. The Morgan fingerprint density at radius 3 is 2.25 bits per heavy atom. The highest BCUT2D eigenvalue weighted by Crippen LogP contribution is 2.12. The van der Waals surface area contributed by atoms with Crippen LogP contribution >= 0.6 is 11.6 Å². The molecule has 0 aliphatic heterocycles. The fourth-order valence-electron chi connectivity index (χ4n) is 2.20. The summed E-state index contributed by atoms with van der Waals surface area (Å²) in [7, 11) is 0. The van der Waals surface area contributed by atoms with Crippen molar-refractivity contribution in [3.63, 3.8) is 0 Å². The van der Waals surface area contributed by atoms with E-state index in [1.165, 1.54) is 0 Å². The van der Waals surface area contributed by atoms with Gasteiger partial charge in [-0.15, -0.1) is 0 Å². The number of pyridine rings is 1. The third-order valence-electron chi connectivity index (χ3n) is 3.36. The fraction of sp³-hybridized carbons (Fsp3) is 0. The van der Waals surface area contributed by atoms with Crippen LogP contribution in [0.25, 0.3) is 0 Å². The normalized spacial score (nSPS) is 11.1. The maximum atomic E-state index is 12.3. The largest absolute Gasteiger partial charge is 0.271 e. The molecule has 0 spiro atoms. The van der Waals surface area contributed by atoms with Gasteiger partial charge in [0.2, 0.25) is 0 Å². The van der Waals surface area contributed by atoms with Crippen LogP contribution in [0, 0.1) is 0 Å². The first-order chi connectivity index (χ1) is 11.7. The molecule has 0 radical (unpaired) electrons. The Morgan fingerprint density at radius 2 is 1.54 bits per heavy atom. The van der Waals surface area contributed by atoms with Gasteiger partial charge in [0, 0.05) is 34.1 Å². The predicted molar refractivity (Wildman–Crippen MR) is 95.2 cm³/mol. The van der Waals surface area contributed by atoms with E-state index in [2.05, 4.69) is 15.5 Å². The van der Waals surface area contributed by atoms with Crippen molar-refractivity contribution < 1.29 is 4.79 Å². The number of aromatic nitrogens is 1. The lowest BCUT2D eigenvalue weighted by atomic mass is 10.0. The summed E-state index contributed by atoms with van der Waals surface area (Å²) in [5.41, 5.74) is 5.47. The monoisotopic (exact) mass is 335 g/mol. The number of hydrogen-bond acceptors (Lipinski definition) is 3. The van der Waals surface area contributed by atoms with Crippen LogP contribution in [-0.4, -0.2) is 16.6 Å². The van der Waals surface area contributed by atoms with Crippen molar-refractivity contribution in [3.05, 3.63) is 101 Å². The maximum absolute atomic E-state index is 12.3. The van der Waals surface area contributed by atoms with Gasteiger partial charge in [-0.1, -0.05) is 48.0 Å². The summed E-state index contributed by atoms with van der Waals surface area (Å²) in [5, 5.41) is 4.82. The van der Waals surface area contributed by atoms with Gasteiger partial charge in [0.15, 0.2) is 0 Å². The highest BCUT2D eigenvalue weighted by molar-refractivity contribution is 6.31. The van der Waals surface area contributed by atoms with Crippen LogP contribution < -0.4 is 5.43 Å². The van der Waals surface area contributed by atoms with E-state index < -0.39 is 0 Å². The van der Waals surface area contributed by atoms with Gasteiger partial charge >= 0.3 is 0 Å². The standard InChI is InChI=1S/C19H14ClN3O/c20-17-8-4-7-16(13-17)19(24)23-22-18(14-5-2-1-3-6-14)15-9-11-21-12-10-15/h1-13H,(H,23,24)/b22-18+. The summed E-state index contributed by atoms with van der Waals surface area (Å²) < 4.78 is 0. The number of benzene rings is 2. The SMILES string of the molecule is O=C(N/N=C(\c1ccccc1)c1ccncc1)c1cccc(Cl)c1. The molecule has 0 bridgehead atoms. The second kappa shape index (κ2) is 7.53. The van der Waals surface area contributed by atoms with Crippen LogP contribution in [0.15, 0.2) is 84.2 Å². The Morgan fingerprint density at radius 1 is 0.875 bits per heavy atom. The molecule has 0 saturated heterocycles. The first kappa shape index (κ1) is 15.9. The molecule has 5 heteroatoms. The third-order valence-corrected chi connectivity index (χ3v) is 3.59. The predicted octanol–water partition coefficient (Wildman–Crippen LogP) is 3.92. The number of rotatable bonds is 4. The molecule has 0 unspecified atom stereocenters. The molecule has 3 aromatic rings. The number of hydrazone groups is 1. The highest BCUT2D eigenvalue weighted by Gasteiger charge is 2.09. The topological polar surface area (TPSA) is 54.4 Å². The minimum absolute atomic E-state index is 0.319. The number of carbonyl (C=O) groups excluding carboxylic acids is 1. The molecule has 3 rings (SSSR count). The average molecular weight is 336 g/mol. The molecule has 1 heterocycles. The molecule has 0 aliphatic carbocycles. The summed E-state index contributed by atoms with van der Waals surface area (Å²) in [5.74, 6) is -0.319. The van der Waals surface area contributed by atoms with Gasteiger partial charge < -0.3 is 0 Å². The lowest BCUT2D eigenvalue weighted by molar-refractivity contribution is 0.0955. The van der Waals surface area contributed by atoms with E-state index in [0.29, 0.717) is 16.3 Å². The number of halogens is 1. The number of nitrogens with zero attached hydrogens (tertiary/aromatic N) is 2. The zero-order chi connectivity index (χ0) is 16.8. The minimum atomic E-state index is -0.319. The summed E-state index contributed by atoms with van der Waals surface area (Å²) in [4.78, 5) is 16.3. The van der Waals surface area contributed by atoms with Gasteiger partial charge in [-0.25, -0.2) is 5.43 Å². The van der Waals surface area contributed by atoms with Crippen molar-refractivity contribution in [2.45, 2.75) is 0 Å². The van der Waals surface area contributed by atoms with E-state index in [1.807, 2.05) is 42.5 Å². The van der Waals surface area contributed by atoms with Gasteiger partial charge in [-0.3, -0.25) is 9.78 Å². The van der Waals surface area contributed by atoms with E-state index in [4.69, 9.17) is 11.6 Å². The number of carbonyl (C=O) groups is 1. The number of hydrogen-bond donors (Lipinski definition) is 1. The Balaban J connectivity index is 1.91. The van der Waals surface area contributed by atoms with Gasteiger partial charge in [-0.05, 0) is 30.3 Å². The van der Waals surface area contributed by atoms with E-state index in [-0.39, 0.29) is 5.91 Å². The van der Waals surface area contributed by atoms with Crippen LogP contribution in [0.5, 0.6) is 0 Å². The molecule has 118 valence electrons. The van der Waals surface area contributed by atoms with Crippen molar-refractivity contribution in [3.8, 4) is 0 Å². The molecular formula is C19H14ClN3O.